The number of hydrogen-bond donors (Lipinski definition) is 2. The van der Waals surface area contributed by atoms with E-state index >= 15 is 0 Å². The van der Waals surface area contributed by atoms with E-state index < -0.39 is 17.7 Å². The molecular formula is C33H32ClF2N9. The van der Waals surface area contributed by atoms with E-state index in [-0.39, 0.29) is 22.8 Å². The number of nitrogens with zero attached hydrogens (tertiary/aromatic N) is 7. The van der Waals surface area contributed by atoms with Gasteiger partial charge in [-0.3, -0.25) is 14.9 Å². The van der Waals surface area contributed by atoms with Gasteiger partial charge in [0.25, 0.3) is 0 Å². The summed E-state index contributed by atoms with van der Waals surface area (Å²) in [4.78, 5) is 11.2. The van der Waals surface area contributed by atoms with Gasteiger partial charge in [0.05, 0.1) is 40.1 Å². The molecule has 0 amide bonds. The second-order valence-electron chi connectivity index (χ2n) is 12.1. The summed E-state index contributed by atoms with van der Waals surface area (Å²) >= 11 is 6.73. The monoisotopic (exact) mass is 627 g/mol. The molecule has 1 saturated heterocycles. The Morgan fingerprint density at radius 3 is 2.53 bits per heavy atom. The smallest absolute Gasteiger partial charge is 0.160 e. The lowest BCUT2D eigenvalue weighted by molar-refractivity contribution is 0.0866. The van der Waals surface area contributed by atoms with Crippen LogP contribution in [0.2, 0.25) is 5.02 Å². The summed E-state index contributed by atoms with van der Waals surface area (Å²) in [6, 6.07) is 12.8. The summed E-state index contributed by atoms with van der Waals surface area (Å²) in [5.41, 5.74) is 3.62. The fourth-order valence-electron chi connectivity index (χ4n) is 5.72. The van der Waals surface area contributed by atoms with Gasteiger partial charge < -0.3 is 10.6 Å². The molecule has 5 aromatic rings. The van der Waals surface area contributed by atoms with Gasteiger partial charge in [-0.05, 0) is 69.5 Å². The Bertz CT molecular complexity index is 1870. The van der Waals surface area contributed by atoms with Crippen molar-refractivity contribution in [3.8, 4) is 6.07 Å². The largest absolute Gasteiger partial charge is 0.373 e. The van der Waals surface area contributed by atoms with Crippen LogP contribution in [0.15, 0.2) is 67.3 Å². The van der Waals surface area contributed by atoms with Crippen molar-refractivity contribution in [3.63, 3.8) is 0 Å². The van der Waals surface area contributed by atoms with E-state index in [9.17, 15) is 14.0 Å². The first-order chi connectivity index (χ1) is 21.6. The molecule has 0 aliphatic carbocycles. The Kier molecular flexibility index (Phi) is 8.36. The molecule has 0 saturated carbocycles. The van der Waals surface area contributed by atoms with Crippen molar-refractivity contribution in [2.45, 2.75) is 51.2 Å². The molecule has 45 heavy (non-hydrogen) atoms. The molecule has 9 nitrogen and oxygen atoms in total. The van der Waals surface area contributed by atoms with Crippen molar-refractivity contribution in [1.29, 1.82) is 5.26 Å². The molecule has 4 heterocycles. The summed E-state index contributed by atoms with van der Waals surface area (Å²) in [7, 11) is 0. The van der Waals surface area contributed by atoms with Crippen molar-refractivity contribution in [3.05, 3.63) is 101 Å². The molecule has 0 radical (unpaired) electrons. The predicted molar refractivity (Wildman–Crippen MR) is 170 cm³/mol. The number of rotatable bonds is 7. The van der Waals surface area contributed by atoms with Crippen LogP contribution >= 0.6 is 11.6 Å². The normalized spacial score (nSPS) is 15.1. The zero-order valence-corrected chi connectivity index (χ0v) is 25.9. The van der Waals surface area contributed by atoms with Crippen LogP contribution in [0.1, 0.15) is 62.5 Å². The standard InChI is InChI=1S/C33H32ClF2N9/c1-33(2,3)44-11-8-24(9-12-44)45-19-29(42-43-45)31(20-5-4-10-38-17-20)41-23-13-25-30(40-22-6-7-27(35)28(36)15-22)21(16-37)18-39-32(25)26(34)14-23/h4-7,10,13-15,17-19,24,31,41H,8-9,11-12H2,1-3H3,(H,39,40). The van der Waals surface area contributed by atoms with Crippen LogP contribution in [-0.4, -0.2) is 48.5 Å². The Balaban J connectivity index is 1.35. The Morgan fingerprint density at radius 2 is 1.84 bits per heavy atom. The van der Waals surface area contributed by atoms with Crippen molar-refractivity contribution < 1.29 is 8.78 Å². The molecule has 6 rings (SSSR count). The number of pyridine rings is 2. The number of hydrogen-bond acceptors (Lipinski definition) is 8. The summed E-state index contributed by atoms with van der Waals surface area (Å²) < 4.78 is 29.6. The minimum Gasteiger partial charge on any atom is -0.373 e. The third-order valence-electron chi connectivity index (χ3n) is 8.17. The van der Waals surface area contributed by atoms with E-state index in [1.165, 1.54) is 12.3 Å². The predicted octanol–water partition coefficient (Wildman–Crippen LogP) is 7.41. The number of piperidine rings is 1. The van der Waals surface area contributed by atoms with Gasteiger partial charge in [0.1, 0.15) is 11.8 Å². The summed E-state index contributed by atoms with van der Waals surface area (Å²) in [6.07, 6.45) is 8.81. The maximum Gasteiger partial charge on any atom is 0.160 e. The number of aromatic nitrogens is 5. The fraction of sp³-hybridized carbons (Fsp3) is 0.303. The molecule has 2 N–H and O–H groups in total. The average Bonchev–Trinajstić information content (AvgIpc) is 3.52. The topological polar surface area (TPSA) is 108 Å². The highest BCUT2D eigenvalue weighted by atomic mass is 35.5. The third-order valence-corrected chi connectivity index (χ3v) is 8.46. The molecule has 1 aliphatic heterocycles. The van der Waals surface area contributed by atoms with E-state index in [1.54, 1.807) is 18.5 Å². The molecule has 0 spiro atoms. The molecule has 2 aromatic carbocycles. The Hall–Kier alpha value is -4.66. The van der Waals surface area contributed by atoms with Crippen LogP contribution in [0.4, 0.5) is 25.8 Å². The van der Waals surface area contributed by atoms with Gasteiger partial charge in [0, 0.05) is 60.0 Å². The van der Waals surface area contributed by atoms with Crippen LogP contribution in [0, 0.1) is 23.0 Å². The van der Waals surface area contributed by atoms with E-state index in [0.29, 0.717) is 33.0 Å². The van der Waals surface area contributed by atoms with E-state index in [2.05, 4.69) is 62.7 Å². The number of nitriles is 1. The van der Waals surface area contributed by atoms with Crippen molar-refractivity contribution >= 4 is 39.6 Å². The van der Waals surface area contributed by atoms with Gasteiger partial charge in [-0.1, -0.05) is 22.9 Å². The highest BCUT2D eigenvalue weighted by molar-refractivity contribution is 6.36. The molecule has 12 heteroatoms. The van der Waals surface area contributed by atoms with Crippen LogP contribution in [-0.2, 0) is 0 Å². The van der Waals surface area contributed by atoms with E-state index in [1.807, 2.05) is 29.1 Å². The Morgan fingerprint density at radius 1 is 1.04 bits per heavy atom. The molecule has 1 aliphatic rings. The SMILES string of the molecule is CC(C)(C)N1CCC(n2cc(C(Nc3cc(Cl)c4ncc(C#N)c(Nc5ccc(F)c(F)c5)c4c3)c3cccnc3)nn2)CC1. The van der Waals surface area contributed by atoms with Crippen LogP contribution in [0.25, 0.3) is 10.9 Å². The number of likely N-dealkylation sites (tertiary alicyclic amines) is 1. The quantitative estimate of drug-likeness (QED) is 0.192. The number of halogens is 3. The van der Waals surface area contributed by atoms with Gasteiger partial charge in [0.15, 0.2) is 11.6 Å². The van der Waals surface area contributed by atoms with Crippen LogP contribution in [0.5, 0.6) is 0 Å². The first-order valence-electron chi connectivity index (χ1n) is 14.7. The summed E-state index contributed by atoms with van der Waals surface area (Å²) in [6.45, 7) is 8.69. The van der Waals surface area contributed by atoms with E-state index in [4.69, 9.17) is 11.6 Å². The Labute approximate surface area is 264 Å². The molecule has 1 unspecified atom stereocenters. The first-order valence-corrected chi connectivity index (χ1v) is 15.1. The van der Waals surface area contributed by atoms with Crippen LogP contribution in [0.3, 0.4) is 0 Å². The number of anilines is 3. The lowest BCUT2D eigenvalue weighted by Crippen LogP contribution is -2.46. The minimum atomic E-state index is -1.01. The molecule has 230 valence electrons. The highest BCUT2D eigenvalue weighted by Gasteiger charge is 2.29. The molecule has 3 aromatic heterocycles. The maximum atomic E-state index is 14.0. The van der Waals surface area contributed by atoms with Gasteiger partial charge in [0.2, 0.25) is 0 Å². The zero-order chi connectivity index (χ0) is 31.7. The molecule has 1 fully saturated rings. The zero-order valence-electron chi connectivity index (χ0n) is 25.1. The summed E-state index contributed by atoms with van der Waals surface area (Å²) in [5, 5.41) is 26.4. The first kappa shape index (κ1) is 30.4. The maximum absolute atomic E-state index is 14.0. The van der Waals surface area contributed by atoms with Crippen LogP contribution < -0.4 is 10.6 Å². The number of fused-ring (bicyclic) bond motifs is 1. The average molecular weight is 628 g/mol. The minimum absolute atomic E-state index is 0.128. The molecular weight excluding hydrogens is 596 g/mol. The fourth-order valence-corrected chi connectivity index (χ4v) is 5.99. The van der Waals surface area contributed by atoms with Gasteiger partial charge >= 0.3 is 0 Å². The highest BCUT2D eigenvalue weighted by Crippen LogP contribution is 2.37. The lowest BCUT2D eigenvalue weighted by Gasteiger charge is -2.40. The van der Waals surface area contributed by atoms with Crippen molar-refractivity contribution in [2.75, 3.05) is 23.7 Å². The molecule has 0 bridgehead atoms. The summed E-state index contributed by atoms with van der Waals surface area (Å²) in [5.74, 6) is -1.98. The van der Waals surface area contributed by atoms with E-state index in [0.717, 1.165) is 43.6 Å². The van der Waals surface area contributed by atoms with Gasteiger partial charge in [-0.2, -0.15) is 5.26 Å². The second kappa shape index (κ2) is 12.4. The van der Waals surface area contributed by atoms with Crippen molar-refractivity contribution in [2.24, 2.45) is 0 Å². The lowest BCUT2D eigenvalue weighted by atomic mass is 9.98. The second-order valence-corrected chi connectivity index (χ2v) is 12.6. The number of nitrogens with one attached hydrogen (secondary N) is 2. The molecule has 1 atom stereocenters. The third kappa shape index (κ3) is 6.43. The van der Waals surface area contributed by atoms with Gasteiger partial charge in [-0.25, -0.2) is 13.5 Å². The number of benzene rings is 2. The van der Waals surface area contributed by atoms with Crippen molar-refractivity contribution in [1.82, 2.24) is 29.9 Å². The van der Waals surface area contributed by atoms with Gasteiger partial charge in [-0.15, -0.1) is 5.10 Å².